The molecule has 0 amide bonds. The third-order valence-electron chi connectivity index (χ3n) is 3.23. The lowest BCUT2D eigenvalue weighted by Gasteiger charge is -2.18. The van der Waals surface area contributed by atoms with Crippen molar-refractivity contribution in [1.29, 1.82) is 0 Å². The molecular formula is C16H27NS. The highest BCUT2D eigenvalue weighted by Gasteiger charge is 2.10. The molecule has 0 spiro atoms. The van der Waals surface area contributed by atoms with Gasteiger partial charge < -0.3 is 5.32 Å². The lowest BCUT2D eigenvalue weighted by molar-refractivity contribution is 0.544. The lowest BCUT2D eigenvalue weighted by Crippen LogP contribution is -2.22. The molecule has 1 aromatic carbocycles. The first-order valence-electron chi connectivity index (χ1n) is 7.04. The highest BCUT2D eigenvalue weighted by Crippen LogP contribution is 2.22. The molecule has 1 aromatic rings. The summed E-state index contributed by atoms with van der Waals surface area (Å²) in [4.78, 5) is 0. The van der Waals surface area contributed by atoms with Crippen molar-refractivity contribution in [3.8, 4) is 0 Å². The van der Waals surface area contributed by atoms with Gasteiger partial charge in [0, 0.05) is 6.54 Å². The van der Waals surface area contributed by atoms with Gasteiger partial charge in [0.15, 0.2) is 0 Å². The SMILES string of the molecule is CCCNCC(CCCSC)c1cccc(C)c1. The third kappa shape index (κ3) is 5.92. The number of thioether (sulfide) groups is 1. The first kappa shape index (κ1) is 15.6. The Labute approximate surface area is 117 Å². The monoisotopic (exact) mass is 265 g/mol. The summed E-state index contributed by atoms with van der Waals surface area (Å²) in [5, 5.41) is 3.57. The van der Waals surface area contributed by atoms with E-state index in [2.05, 4.69) is 49.7 Å². The zero-order chi connectivity index (χ0) is 13.2. The molecular weight excluding hydrogens is 238 g/mol. The summed E-state index contributed by atoms with van der Waals surface area (Å²) in [6.45, 7) is 6.65. The van der Waals surface area contributed by atoms with Gasteiger partial charge in [0.1, 0.15) is 0 Å². The maximum absolute atomic E-state index is 3.57. The van der Waals surface area contributed by atoms with Crippen molar-refractivity contribution in [3.63, 3.8) is 0 Å². The Kier molecular flexibility index (Phi) is 8.19. The molecule has 1 atom stereocenters. The molecule has 0 radical (unpaired) electrons. The first-order valence-corrected chi connectivity index (χ1v) is 8.43. The lowest BCUT2D eigenvalue weighted by atomic mass is 9.93. The van der Waals surface area contributed by atoms with Crippen LogP contribution >= 0.6 is 11.8 Å². The smallest absolute Gasteiger partial charge is 0.00201 e. The van der Waals surface area contributed by atoms with Gasteiger partial charge >= 0.3 is 0 Å². The van der Waals surface area contributed by atoms with Gasteiger partial charge in [0.2, 0.25) is 0 Å². The molecule has 1 unspecified atom stereocenters. The average Bonchev–Trinajstić information content (AvgIpc) is 2.37. The molecule has 18 heavy (non-hydrogen) atoms. The van der Waals surface area contributed by atoms with Crippen LogP contribution in [0.4, 0.5) is 0 Å². The molecule has 0 aliphatic carbocycles. The molecule has 0 saturated heterocycles. The van der Waals surface area contributed by atoms with Crippen LogP contribution in [0, 0.1) is 6.92 Å². The molecule has 0 bridgehead atoms. The molecule has 0 aliphatic rings. The first-order chi connectivity index (χ1) is 8.77. The zero-order valence-electron chi connectivity index (χ0n) is 12.0. The molecule has 0 heterocycles. The maximum Gasteiger partial charge on any atom is 0.00201 e. The second-order valence-electron chi connectivity index (χ2n) is 4.95. The summed E-state index contributed by atoms with van der Waals surface area (Å²) >= 11 is 1.95. The van der Waals surface area contributed by atoms with Crippen LogP contribution < -0.4 is 5.32 Å². The van der Waals surface area contributed by atoms with E-state index in [0.29, 0.717) is 5.92 Å². The van der Waals surface area contributed by atoms with Gasteiger partial charge in [-0.1, -0.05) is 36.8 Å². The molecule has 0 aromatic heterocycles. The molecule has 0 saturated carbocycles. The molecule has 0 fully saturated rings. The van der Waals surface area contributed by atoms with Crippen molar-refractivity contribution in [2.75, 3.05) is 25.1 Å². The number of nitrogens with one attached hydrogen (secondary N) is 1. The minimum Gasteiger partial charge on any atom is -0.316 e. The molecule has 1 N–H and O–H groups in total. The van der Waals surface area contributed by atoms with E-state index in [1.54, 1.807) is 0 Å². The normalized spacial score (nSPS) is 12.6. The van der Waals surface area contributed by atoms with Crippen LogP contribution in [0.2, 0.25) is 0 Å². The van der Waals surface area contributed by atoms with Gasteiger partial charge in [0.05, 0.1) is 0 Å². The van der Waals surface area contributed by atoms with Crippen molar-refractivity contribution in [2.45, 2.75) is 39.0 Å². The second kappa shape index (κ2) is 9.46. The molecule has 0 aliphatic heterocycles. The van der Waals surface area contributed by atoms with Gasteiger partial charge in [-0.05, 0) is 56.2 Å². The van der Waals surface area contributed by atoms with Crippen LogP contribution in [0.25, 0.3) is 0 Å². The number of hydrogen-bond acceptors (Lipinski definition) is 2. The zero-order valence-corrected chi connectivity index (χ0v) is 12.9. The van der Waals surface area contributed by atoms with Crippen LogP contribution in [0.5, 0.6) is 0 Å². The Morgan fingerprint density at radius 3 is 2.83 bits per heavy atom. The van der Waals surface area contributed by atoms with Crippen molar-refractivity contribution in [1.82, 2.24) is 5.32 Å². The van der Waals surface area contributed by atoms with Crippen LogP contribution in [-0.2, 0) is 0 Å². The largest absolute Gasteiger partial charge is 0.316 e. The highest BCUT2D eigenvalue weighted by molar-refractivity contribution is 7.98. The standard InChI is InChI=1S/C16H27NS/c1-4-10-17-13-16(9-6-11-18-3)15-8-5-7-14(2)12-15/h5,7-8,12,16-17H,4,6,9-11,13H2,1-3H3. The number of benzene rings is 1. The van der Waals surface area contributed by atoms with Gasteiger partial charge in [-0.25, -0.2) is 0 Å². The Bertz CT molecular complexity index is 315. The number of rotatable bonds is 9. The van der Waals surface area contributed by atoms with E-state index in [-0.39, 0.29) is 0 Å². The summed E-state index contributed by atoms with van der Waals surface area (Å²) in [7, 11) is 0. The van der Waals surface area contributed by atoms with E-state index in [0.717, 1.165) is 13.1 Å². The van der Waals surface area contributed by atoms with Crippen LogP contribution in [0.15, 0.2) is 24.3 Å². The van der Waals surface area contributed by atoms with E-state index in [4.69, 9.17) is 0 Å². The van der Waals surface area contributed by atoms with Gasteiger partial charge in [-0.2, -0.15) is 11.8 Å². The van der Waals surface area contributed by atoms with Crippen molar-refractivity contribution >= 4 is 11.8 Å². The average molecular weight is 265 g/mol. The van der Waals surface area contributed by atoms with E-state index >= 15 is 0 Å². The molecule has 1 nitrogen and oxygen atoms in total. The number of aryl methyl sites for hydroxylation is 1. The Morgan fingerprint density at radius 1 is 1.33 bits per heavy atom. The predicted octanol–water partition coefficient (Wildman–Crippen LogP) is 4.22. The Hall–Kier alpha value is -0.470. The highest BCUT2D eigenvalue weighted by atomic mass is 32.2. The van der Waals surface area contributed by atoms with Crippen LogP contribution in [-0.4, -0.2) is 25.1 Å². The quantitative estimate of drug-likeness (QED) is 0.671. The van der Waals surface area contributed by atoms with E-state index in [1.165, 1.54) is 36.1 Å². The second-order valence-corrected chi connectivity index (χ2v) is 5.94. The summed E-state index contributed by atoms with van der Waals surface area (Å²) in [5.41, 5.74) is 2.87. The van der Waals surface area contributed by atoms with Gasteiger partial charge in [0.25, 0.3) is 0 Å². The summed E-state index contributed by atoms with van der Waals surface area (Å²) in [6, 6.07) is 9.00. The summed E-state index contributed by atoms with van der Waals surface area (Å²) in [5.74, 6) is 1.94. The fourth-order valence-electron chi connectivity index (χ4n) is 2.24. The van der Waals surface area contributed by atoms with E-state index < -0.39 is 0 Å². The predicted molar refractivity (Wildman–Crippen MR) is 84.7 cm³/mol. The minimum atomic E-state index is 0.670. The fraction of sp³-hybridized carbons (Fsp3) is 0.625. The summed E-state index contributed by atoms with van der Waals surface area (Å²) in [6.07, 6.45) is 6.01. The van der Waals surface area contributed by atoms with Crippen molar-refractivity contribution < 1.29 is 0 Å². The topological polar surface area (TPSA) is 12.0 Å². The maximum atomic E-state index is 3.57. The molecule has 2 heteroatoms. The van der Waals surface area contributed by atoms with Gasteiger partial charge in [-0.3, -0.25) is 0 Å². The minimum absolute atomic E-state index is 0.670. The Morgan fingerprint density at radius 2 is 2.17 bits per heavy atom. The fourth-order valence-corrected chi connectivity index (χ4v) is 2.69. The molecule has 102 valence electrons. The van der Waals surface area contributed by atoms with Crippen LogP contribution in [0.3, 0.4) is 0 Å². The Balaban J connectivity index is 2.57. The summed E-state index contributed by atoms with van der Waals surface area (Å²) < 4.78 is 0. The van der Waals surface area contributed by atoms with Crippen LogP contribution in [0.1, 0.15) is 43.2 Å². The van der Waals surface area contributed by atoms with Crippen molar-refractivity contribution in [3.05, 3.63) is 35.4 Å². The van der Waals surface area contributed by atoms with Gasteiger partial charge in [-0.15, -0.1) is 0 Å². The van der Waals surface area contributed by atoms with E-state index in [9.17, 15) is 0 Å². The molecule has 1 rings (SSSR count). The third-order valence-corrected chi connectivity index (χ3v) is 3.93. The van der Waals surface area contributed by atoms with E-state index in [1.807, 2.05) is 11.8 Å². The van der Waals surface area contributed by atoms with Crippen molar-refractivity contribution in [2.24, 2.45) is 0 Å². The number of hydrogen-bond donors (Lipinski definition) is 1.